The number of benzene rings is 1. The van der Waals surface area contributed by atoms with E-state index < -0.39 is 11.9 Å². The predicted molar refractivity (Wildman–Crippen MR) is 87.3 cm³/mol. The van der Waals surface area contributed by atoms with Gasteiger partial charge in [-0.15, -0.1) is 0 Å². The number of aromatic carboxylic acids is 1. The van der Waals surface area contributed by atoms with E-state index in [1.165, 1.54) is 42.1 Å². The summed E-state index contributed by atoms with van der Waals surface area (Å²) in [4.78, 5) is 26.9. The number of nitrogens with zero attached hydrogens (tertiary/aromatic N) is 3. The highest BCUT2D eigenvalue weighted by Gasteiger charge is 2.12. The van der Waals surface area contributed by atoms with Gasteiger partial charge in [0, 0.05) is 11.5 Å². The smallest absolute Gasteiger partial charge is 0.335 e. The number of hydrogen-bond donors (Lipinski definition) is 2. The van der Waals surface area contributed by atoms with Crippen molar-refractivity contribution in [3.63, 3.8) is 0 Å². The molecule has 1 heterocycles. The van der Waals surface area contributed by atoms with Gasteiger partial charge in [0.25, 0.3) is 5.91 Å². The third-order valence-corrected chi connectivity index (χ3v) is 3.94. The molecular weight excluding hydrogens is 336 g/mol. The largest absolute Gasteiger partial charge is 0.478 e. The van der Waals surface area contributed by atoms with Crippen molar-refractivity contribution in [1.82, 2.24) is 9.36 Å². The van der Waals surface area contributed by atoms with Gasteiger partial charge in [0.1, 0.15) is 11.6 Å². The Hall–Kier alpha value is -2.70. The molecule has 116 valence electrons. The summed E-state index contributed by atoms with van der Waals surface area (Å²) < 4.78 is 4.00. The van der Waals surface area contributed by atoms with Gasteiger partial charge >= 0.3 is 5.97 Å². The van der Waals surface area contributed by atoms with E-state index in [4.69, 9.17) is 10.4 Å². The number of rotatable bonds is 5. The molecule has 2 N–H and O–H groups in total. The van der Waals surface area contributed by atoms with Crippen LogP contribution < -0.4 is 5.32 Å². The van der Waals surface area contributed by atoms with Gasteiger partial charge < -0.3 is 5.11 Å². The number of carboxylic acids is 1. The van der Waals surface area contributed by atoms with Crippen LogP contribution in [0.15, 0.2) is 35.0 Å². The Labute approximate surface area is 139 Å². The number of carboxylic acid groups (broad SMARTS) is 1. The molecule has 0 spiro atoms. The maximum atomic E-state index is 12.1. The molecule has 2 aromatic rings. The van der Waals surface area contributed by atoms with Crippen molar-refractivity contribution >= 4 is 46.4 Å². The highest BCUT2D eigenvalue weighted by Crippen LogP contribution is 2.18. The van der Waals surface area contributed by atoms with E-state index in [2.05, 4.69) is 14.7 Å². The topological polar surface area (TPSA) is 116 Å². The molecule has 1 aromatic carbocycles. The molecule has 0 aliphatic heterocycles. The number of carbonyl (C=O) groups is 2. The monoisotopic (exact) mass is 346 g/mol. The molecule has 0 saturated heterocycles. The summed E-state index contributed by atoms with van der Waals surface area (Å²) >= 11 is 2.37. The van der Waals surface area contributed by atoms with Crippen LogP contribution in [0.2, 0.25) is 0 Å². The summed E-state index contributed by atoms with van der Waals surface area (Å²) in [6.45, 7) is 0. The fourth-order valence-corrected chi connectivity index (χ4v) is 2.67. The zero-order chi connectivity index (χ0) is 16.8. The lowest BCUT2D eigenvalue weighted by molar-refractivity contribution is -0.112. The average Bonchev–Trinajstić information content (AvgIpc) is 3.00. The Balaban J connectivity index is 2.15. The van der Waals surface area contributed by atoms with E-state index in [0.29, 0.717) is 15.9 Å². The van der Waals surface area contributed by atoms with Crippen LogP contribution in [0.5, 0.6) is 0 Å². The minimum atomic E-state index is -1.04. The summed E-state index contributed by atoms with van der Waals surface area (Å²) in [5.74, 6) is -1.64. The third kappa shape index (κ3) is 4.38. The first kappa shape index (κ1) is 16.7. The number of nitriles is 1. The first-order valence-corrected chi connectivity index (χ1v) is 8.17. The van der Waals surface area contributed by atoms with E-state index in [9.17, 15) is 9.59 Å². The summed E-state index contributed by atoms with van der Waals surface area (Å²) in [5, 5.41) is 21.3. The number of thioether (sulfide) groups is 1. The zero-order valence-corrected chi connectivity index (χ0v) is 13.4. The Kier molecular flexibility index (Phi) is 5.46. The fraction of sp³-hybridized carbons (Fsp3) is 0.0714. The average molecular weight is 346 g/mol. The van der Waals surface area contributed by atoms with E-state index >= 15 is 0 Å². The maximum absolute atomic E-state index is 12.1. The van der Waals surface area contributed by atoms with Crippen LogP contribution in [0.25, 0.3) is 6.08 Å². The van der Waals surface area contributed by atoms with Crippen molar-refractivity contribution in [2.45, 2.75) is 5.16 Å². The van der Waals surface area contributed by atoms with Crippen molar-refractivity contribution in [1.29, 1.82) is 5.26 Å². The molecule has 2 rings (SSSR count). The van der Waals surface area contributed by atoms with Crippen LogP contribution in [0.3, 0.4) is 0 Å². The van der Waals surface area contributed by atoms with Crippen molar-refractivity contribution in [2.24, 2.45) is 0 Å². The second-order valence-corrected chi connectivity index (χ2v) is 5.66. The summed E-state index contributed by atoms with van der Waals surface area (Å²) in [6.07, 6.45) is 3.19. The van der Waals surface area contributed by atoms with Gasteiger partial charge in [0.05, 0.1) is 5.56 Å². The summed E-state index contributed by atoms with van der Waals surface area (Å²) in [6, 6.07) is 7.65. The zero-order valence-electron chi connectivity index (χ0n) is 11.8. The molecule has 1 amide bonds. The molecule has 0 aliphatic carbocycles. The molecule has 23 heavy (non-hydrogen) atoms. The van der Waals surface area contributed by atoms with Crippen molar-refractivity contribution < 1.29 is 14.7 Å². The Morgan fingerprint density at radius 1 is 1.39 bits per heavy atom. The molecule has 0 unspecified atom stereocenters. The molecule has 0 saturated carbocycles. The molecule has 7 nitrogen and oxygen atoms in total. The van der Waals surface area contributed by atoms with E-state index in [1.807, 2.05) is 12.3 Å². The van der Waals surface area contributed by atoms with E-state index in [1.54, 1.807) is 0 Å². The minimum absolute atomic E-state index is 0.117. The first-order valence-electron chi connectivity index (χ1n) is 6.17. The predicted octanol–water partition coefficient (Wildman–Crippen LogP) is 2.50. The van der Waals surface area contributed by atoms with Crippen LogP contribution >= 0.6 is 23.3 Å². The van der Waals surface area contributed by atoms with Crippen LogP contribution in [0.1, 0.15) is 15.9 Å². The molecular formula is C14H10N4O3S2. The van der Waals surface area contributed by atoms with Gasteiger partial charge in [-0.05, 0) is 30.0 Å². The van der Waals surface area contributed by atoms with Crippen LogP contribution in [0, 0.1) is 11.3 Å². The molecule has 0 atom stereocenters. The van der Waals surface area contributed by atoms with E-state index in [0.717, 1.165) is 11.5 Å². The SMILES string of the molecule is CSc1nsc(NC(=O)/C(C#N)=C\c2ccc(C(=O)O)cc2)n1. The number of nitrogens with one attached hydrogen (secondary N) is 1. The van der Waals surface area contributed by atoms with Gasteiger partial charge in [0.15, 0.2) is 0 Å². The molecule has 9 heteroatoms. The highest BCUT2D eigenvalue weighted by molar-refractivity contribution is 7.98. The summed E-state index contributed by atoms with van der Waals surface area (Å²) in [7, 11) is 0. The van der Waals surface area contributed by atoms with Crippen molar-refractivity contribution in [3.05, 3.63) is 41.0 Å². The third-order valence-electron chi connectivity index (χ3n) is 2.64. The molecule has 0 radical (unpaired) electrons. The van der Waals surface area contributed by atoms with Crippen LogP contribution in [-0.2, 0) is 4.79 Å². The van der Waals surface area contributed by atoms with Crippen molar-refractivity contribution in [2.75, 3.05) is 11.6 Å². The Bertz CT molecular complexity index is 806. The number of anilines is 1. The lowest BCUT2D eigenvalue weighted by Gasteiger charge is -2.00. The number of hydrogen-bond acceptors (Lipinski definition) is 7. The van der Waals surface area contributed by atoms with Gasteiger partial charge in [-0.1, -0.05) is 23.9 Å². The van der Waals surface area contributed by atoms with Gasteiger partial charge in [-0.2, -0.15) is 14.6 Å². The van der Waals surface area contributed by atoms with Crippen LogP contribution in [-0.4, -0.2) is 32.6 Å². The minimum Gasteiger partial charge on any atom is -0.478 e. The molecule has 0 bridgehead atoms. The Morgan fingerprint density at radius 2 is 2.09 bits per heavy atom. The maximum Gasteiger partial charge on any atom is 0.335 e. The fourth-order valence-electron chi connectivity index (χ4n) is 1.55. The van der Waals surface area contributed by atoms with Crippen molar-refractivity contribution in [3.8, 4) is 6.07 Å². The molecule has 1 aromatic heterocycles. The quantitative estimate of drug-likeness (QED) is 0.485. The number of amides is 1. The lowest BCUT2D eigenvalue weighted by atomic mass is 10.1. The lowest BCUT2D eigenvalue weighted by Crippen LogP contribution is -2.13. The highest BCUT2D eigenvalue weighted by atomic mass is 32.2. The standard InChI is InChI=1S/C14H10N4O3S2/c1-22-14-17-13(23-18-14)16-11(19)10(7-15)6-8-2-4-9(5-3-8)12(20)21/h2-6H,1H3,(H,20,21)(H,16,17,18,19)/b10-6-. The molecule has 0 fully saturated rings. The second-order valence-electron chi connectivity index (χ2n) is 4.14. The van der Waals surface area contributed by atoms with Gasteiger partial charge in [-0.25, -0.2) is 4.79 Å². The van der Waals surface area contributed by atoms with E-state index in [-0.39, 0.29) is 11.1 Å². The number of aromatic nitrogens is 2. The number of carbonyl (C=O) groups excluding carboxylic acids is 1. The second kappa shape index (κ2) is 7.53. The molecule has 0 aliphatic rings. The first-order chi connectivity index (χ1) is 11.0. The van der Waals surface area contributed by atoms with Gasteiger partial charge in [0.2, 0.25) is 10.3 Å². The van der Waals surface area contributed by atoms with Crippen LogP contribution in [0.4, 0.5) is 5.13 Å². The normalized spacial score (nSPS) is 10.9. The van der Waals surface area contributed by atoms with Gasteiger partial charge in [-0.3, -0.25) is 10.1 Å². The Morgan fingerprint density at radius 3 is 2.61 bits per heavy atom. The summed E-state index contributed by atoms with van der Waals surface area (Å²) in [5.41, 5.74) is 0.557.